The lowest BCUT2D eigenvalue weighted by Gasteiger charge is -2.14. The van der Waals surface area contributed by atoms with Crippen molar-refractivity contribution in [2.24, 2.45) is 0 Å². The van der Waals surface area contributed by atoms with Gasteiger partial charge in [0.1, 0.15) is 10.1 Å². The molecule has 1 fully saturated rings. The summed E-state index contributed by atoms with van der Waals surface area (Å²) in [6.45, 7) is 2.81. The molecule has 9 heteroatoms. The molecule has 1 heterocycles. The zero-order valence-electron chi connectivity index (χ0n) is 17.2. The molecule has 1 aliphatic rings. The molecule has 0 N–H and O–H groups in total. The number of rotatable bonds is 8. The SMILES string of the molecule is COc1cc(/C=C2/SC(=S)N(C)C2=O)cc(Cl)c1OCCCOc1ccc(Cl)c(C)c1. The highest BCUT2D eigenvalue weighted by Crippen LogP contribution is 2.38. The number of nitrogens with zero attached hydrogens (tertiary/aromatic N) is 1. The molecule has 0 atom stereocenters. The van der Waals surface area contributed by atoms with Crippen LogP contribution in [0, 0.1) is 6.92 Å². The summed E-state index contributed by atoms with van der Waals surface area (Å²) < 4.78 is 17.5. The first kappa shape index (κ1) is 23.7. The maximum Gasteiger partial charge on any atom is 0.265 e. The van der Waals surface area contributed by atoms with Crippen molar-refractivity contribution in [1.82, 2.24) is 4.90 Å². The van der Waals surface area contributed by atoms with E-state index in [1.54, 1.807) is 32.4 Å². The molecule has 164 valence electrons. The Morgan fingerprint density at radius 3 is 2.52 bits per heavy atom. The van der Waals surface area contributed by atoms with E-state index in [1.165, 1.54) is 16.7 Å². The average Bonchev–Trinajstić information content (AvgIpc) is 2.97. The highest BCUT2D eigenvalue weighted by molar-refractivity contribution is 8.26. The average molecular weight is 498 g/mol. The number of halogens is 2. The van der Waals surface area contributed by atoms with Crippen LogP contribution in [0.5, 0.6) is 17.2 Å². The number of carbonyl (C=O) groups is 1. The van der Waals surface area contributed by atoms with Crippen molar-refractivity contribution in [2.75, 3.05) is 27.4 Å². The minimum atomic E-state index is -0.138. The lowest BCUT2D eigenvalue weighted by atomic mass is 10.2. The standard InChI is InChI=1S/C22H21Cl2NO4S2/c1-13-9-15(5-6-16(13)23)28-7-4-8-29-20-17(24)10-14(11-18(20)27-3)12-19-21(26)25(2)22(30)31-19/h5-6,9-12H,4,7-8H2,1-3H3/b19-12+. The molecular weight excluding hydrogens is 477 g/mol. The highest BCUT2D eigenvalue weighted by Gasteiger charge is 2.28. The summed E-state index contributed by atoms with van der Waals surface area (Å²) in [6, 6.07) is 9.05. The number of thioether (sulfide) groups is 1. The lowest BCUT2D eigenvalue weighted by molar-refractivity contribution is -0.121. The van der Waals surface area contributed by atoms with Crippen LogP contribution in [0.25, 0.3) is 6.08 Å². The molecule has 5 nitrogen and oxygen atoms in total. The van der Waals surface area contributed by atoms with Crippen molar-refractivity contribution in [3.8, 4) is 17.2 Å². The summed E-state index contributed by atoms with van der Waals surface area (Å²) in [5, 5.41) is 1.11. The van der Waals surface area contributed by atoms with Crippen LogP contribution in [0.15, 0.2) is 35.2 Å². The van der Waals surface area contributed by atoms with Crippen molar-refractivity contribution in [3.63, 3.8) is 0 Å². The van der Waals surface area contributed by atoms with Gasteiger partial charge in [0.15, 0.2) is 11.5 Å². The molecule has 0 bridgehead atoms. The van der Waals surface area contributed by atoms with Crippen LogP contribution < -0.4 is 14.2 Å². The smallest absolute Gasteiger partial charge is 0.265 e. The zero-order valence-corrected chi connectivity index (χ0v) is 20.4. The second-order valence-electron chi connectivity index (χ2n) is 6.74. The number of ether oxygens (including phenoxy) is 3. The predicted octanol–water partition coefficient (Wildman–Crippen LogP) is 5.99. The number of hydrogen-bond acceptors (Lipinski definition) is 6. The van der Waals surface area contributed by atoms with E-state index in [0.717, 1.165) is 16.9 Å². The molecule has 0 unspecified atom stereocenters. The number of methoxy groups -OCH3 is 1. The predicted molar refractivity (Wildman–Crippen MR) is 131 cm³/mol. The Labute approximate surface area is 201 Å². The van der Waals surface area contributed by atoms with E-state index in [1.807, 2.05) is 25.1 Å². The van der Waals surface area contributed by atoms with Crippen LogP contribution in [0.1, 0.15) is 17.5 Å². The van der Waals surface area contributed by atoms with Gasteiger partial charge in [-0.2, -0.15) is 0 Å². The third kappa shape index (κ3) is 5.86. The molecule has 0 aromatic heterocycles. The van der Waals surface area contributed by atoms with Crippen LogP contribution in [0.2, 0.25) is 10.0 Å². The lowest BCUT2D eigenvalue weighted by Crippen LogP contribution is -2.22. The Morgan fingerprint density at radius 1 is 1.13 bits per heavy atom. The first-order chi connectivity index (χ1) is 14.8. The topological polar surface area (TPSA) is 48.0 Å². The van der Waals surface area contributed by atoms with Crippen LogP contribution in [-0.4, -0.2) is 42.5 Å². The number of amides is 1. The molecule has 2 aromatic rings. The third-order valence-electron chi connectivity index (χ3n) is 4.47. The van der Waals surface area contributed by atoms with Crippen LogP contribution in [-0.2, 0) is 4.79 Å². The molecule has 0 spiro atoms. The van der Waals surface area contributed by atoms with Gasteiger partial charge in [0.05, 0.1) is 30.3 Å². The van der Waals surface area contributed by atoms with Crippen molar-refractivity contribution >= 4 is 63.5 Å². The van der Waals surface area contributed by atoms with E-state index < -0.39 is 0 Å². The Balaban J connectivity index is 1.61. The number of benzene rings is 2. The molecule has 0 radical (unpaired) electrons. The van der Waals surface area contributed by atoms with Gasteiger partial charge in [-0.25, -0.2) is 0 Å². The fourth-order valence-electron chi connectivity index (χ4n) is 2.79. The summed E-state index contributed by atoms with van der Waals surface area (Å²) in [7, 11) is 3.20. The quantitative estimate of drug-likeness (QED) is 0.253. The first-order valence-electron chi connectivity index (χ1n) is 9.41. The van der Waals surface area contributed by atoms with Gasteiger partial charge in [-0.15, -0.1) is 0 Å². The fourth-order valence-corrected chi connectivity index (χ4v) is 4.36. The van der Waals surface area contributed by atoms with Gasteiger partial charge < -0.3 is 14.2 Å². The molecule has 1 saturated heterocycles. The summed E-state index contributed by atoms with van der Waals surface area (Å²) in [6.07, 6.45) is 2.39. The molecule has 0 saturated carbocycles. The Morgan fingerprint density at radius 2 is 1.87 bits per heavy atom. The van der Waals surface area contributed by atoms with E-state index in [0.29, 0.717) is 50.4 Å². The number of carbonyl (C=O) groups excluding carboxylic acids is 1. The van der Waals surface area contributed by atoms with E-state index in [9.17, 15) is 4.79 Å². The van der Waals surface area contributed by atoms with Gasteiger partial charge in [0.2, 0.25) is 0 Å². The summed E-state index contributed by atoms with van der Waals surface area (Å²) >= 11 is 18.9. The maximum atomic E-state index is 12.2. The normalized spacial score (nSPS) is 15.0. The maximum absolute atomic E-state index is 12.2. The van der Waals surface area contributed by atoms with Crippen LogP contribution in [0.4, 0.5) is 0 Å². The molecule has 1 aliphatic heterocycles. The number of thiocarbonyl (C=S) groups is 1. The molecular formula is C22H21Cl2NO4S2. The van der Waals surface area contributed by atoms with Crippen LogP contribution in [0.3, 0.4) is 0 Å². The minimum absolute atomic E-state index is 0.138. The minimum Gasteiger partial charge on any atom is -0.493 e. The highest BCUT2D eigenvalue weighted by atomic mass is 35.5. The van der Waals surface area contributed by atoms with E-state index in [-0.39, 0.29) is 5.91 Å². The van der Waals surface area contributed by atoms with Gasteiger partial charge in [-0.1, -0.05) is 47.2 Å². The molecule has 0 aliphatic carbocycles. The van der Waals surface area contributed by atoms with Gasteiger partial charge >= 0.3 is 0 Å². The van der Waals surface area contributed by atoms with E-state index >= 15 is 0 Å². The fraction of sp³-hybridized carbons (Fsp3) is 0.273. The van der Waals surface area contributed by atoms with Crippen molar-refractivity contribution in [3.05, 3.63) is 56.4 Å². The number of aryl methyl sites for hydroxylation is 1. The summed E-state index contributed by atoms with van der Waals surface area (Å²) in [5.74, 6) is 1.56. The Kier molecular flexibility index (Phi) is 8.11. The molecule has 3 rings (SSSR count). The van der Waals surface area contributed by atoms with E-state index in [2.05, 4.69) is 0 Å². The van der Waals surface area contributed by atoms with Crippen molar-refractivity contribution < 1.29 is 19.0 Å². The summed E-state index contributed by atoms with van der Waals surface area (Å²) in [5.41, 5.74) is 1.69. The van der Waals surface area contributed by atoms with Gasteiger partial charge in [0.25, 0.3) is 5.91 Å². The van der Waals surface area contributed by atoms with Crippen LogP contribution >= 0.6 is 47.2 Å². The molecule has 2 aromatic carbocycles. The Bertz CT molecular complexity index is 1040. The monoisotopic (exact) mass is 497 g/mol. The molecule has 1 amide bonds. The second-order valence-corrected chi connectivity index (χ2v) is 9.23. The third-order valence-corrected chi connectivity index (χ3v) is 6.66. The van der Waals surface area contributed by atoms with Gasteiger partial charge in [-0.3, -0.25) is 9.69 Å². The van der Waals surface area contributed by atoms with Crippen molar-refractivity contribution in [2.45, 2.75) is 13.3 Å². The van der Waals surface area contributed by atoms with Gasteiger partial charge in [-0.05, 0) is 54.5 Å². The zero-order chi connectivity index (χ0) is 22.5. The second kappa shape index (κ2) is 10.6. The van der Waals surface area contributed by atoms with Crippen molar-refractivity contribution in [1.29, 1.82) is 0 Å². The first-order valence-corrected chi connectivity index (χ1v) is 11.4. The molecule has 31 heavy (non-hydrogen) atoms. The number of hydrogen-bond donors (Lipinski definition) is 0. The Hall–Kier alpha value is -1.93. The summed E-state index contributed by atoms with van der Waals surface area (Å²) in [4.78, 5) is 14.2. The number of likely N-dealkylation sites (N-methyl/N-ethyl adjacent to an activating group) is 1. The largest absolute Gasteiger partial charge is 0.493 e. The van der Waals surface area contributed by atoms with Gasteiger partial charge in [0, 0.05) is 18.5 Å². The van der Waals surface area contributed by atoms with E-state index in [4.69, 9.17) is 49.6 Å².